The second-order valence-corrected chi connectivity index (χ2v) is 2.74. The molecule has 1 aliphatic heterocycles. The van der Waals surface area contributed by atoms with Gasteiger partial charge in [0, 0.05) is 13.0 Å². The molecule has 1 fully saturated rings. The zero-order chi connectivity index (χ0) is 9.84. The lowest BCUT2D eigenvalue weighted by Crippen LogP contribution is -2.31. The van der Waals surface area contributed by atoms with Crippen molar-refractivity contribution in [2.75, 3.05) is 13.7 Å². The van der Waals surface area contributed by atoms with Crippen molar-refractivity contribution in [3.8, 4) is 0 Å². The monoisotopic (exact) mass is 195 g/mol. The third-order valence-corrected chi connectivity index (χ3v) is 1.87. The first-order valence-corrected chi connectivity index (χ1v) is 3.88. The Bertz CT molecular complexity index is 189. The Hall–Kier alpha value is -0.750. The molecule has 1 rings (SSSR count). The molecule has 2 atom stereocenters. The minimum Gasteiger partial charge on any atom is -0.468 e. The van der Waals surface area contributed by atoms with E-state index in [4.69, 9.17) is 0 Å². The number of carbonyl (C=O) groups excluding carboxylic acids is 1. The van der Waals surface area contributed by atoms with Gasteiger partial charge in [-0.05, 0) is 0 Å². The highest BCUT2D eigenvalue weighted by Gasteiger charge is 2.32. The summed E-state index contributed by atoms with van der Waals surface area (Å²) >= 11 is 0. The molecule has 0 unspecified atom stereocenters. The molecule has 0 aromatic carbocycles. The molecular weight excluding hydrogens is 184 g/mol. The number of ether oxygens (including phenoxy) is 2. The first-order chi connectivity index (χ1) is 6.13. The fourth-order valence-corrected chi connectivity index (χ4v) is 1.27. The van der Waals surface area contributed by atoms with E-state index in [1.54, 1.807) is 0 Å². The van der Waals surface area contributed by atoms with Crippen LogP contribution in [0, 0.1) is 0 Å². The highest BCUT2D eigenvalue weighted by molar-refractivity contribution is 5.76. The fourth-order valence-electron chi connectivity index (χ4n) is 1.27. The van der Waals surface area contributed by atoms with E-state index in [0.717, 1.165) is 0 Å². The number of esters is 1. The number of methoxy groups -OCH3 is 1. The molecule has 6 heteroatoms. The van der Waals surface area contributed by atoms with Crippen LogP contribution in [0.2, 0.25) is 0 Å². The number of carbonyl (C=O) groups is 1. The maximum absolute atomic E-state index is 11.7. The Balaban J connectivity index is 2.32. The van der Waals surface area contributed by atoms with Gasteiger partial charge < -0.3 is 14.8 Å². The third kappa shape index (κ3) is 2.89. The van der Waals surface area contributed by atoms with Gasteiger partial charge in [-0.1, -0.05) is 0 Å². The van der Waals surface area contributed by atoms with Gasteiger partial charge in [-0.15, -0.1) is 0 Å². The van der Waals surface area contributed by atoms with Gasteiger partial charge in [0.2, 0.25) is 0 Å². The van der Waals surface area contributed by atoms with Crippen LogP contribution in [0.5, 0.6) is 0 Å². The number of halogens is 2. The summed E-state index contributed by atoms with van der Waals surface area (Å²) in [6.45, 7) is -2.53. The van der Waals surface area contributed by atoms with Crippen molar-refractivity contribution < 1.29 is 23.0 Å². The smallest absolute Gasteiger partial charge is 0.345 e. The first kappa shape index (κ1) is 10.3. The van der Waals surface area contributed by atoms with Crippen molar-refractivity contribution in [2.24, 2.45) is 0 Å². The van der Waals surface area contributed by atoms with Crippen LogP contribution < -0.4 is 5.32 Å². The van der Waals surface area contributed by atoms with E-state index in [2.05, 4.69) is 14.8 Å². The summed E-state index contributed by atoms with van der Waals surface area (Å²) < 4.78 is 32.1. The number of hydrogen-bond donors (Lipinski definition) is 1. The van der Waals surface area contributed by atoms with Gasteiger partial charge >= 0.3 is 12.6 Å². The quantitative estimate of drug-likeness (QED) is 0.650. The van der Waals surface area contributed by atoms with E-state index in [1.165, 1.54) is 7.11 Å². The molecule has 0 amide bonds. The summed E-state index contributed by atoms with van der Waals surface area (Å²) in [6.07, 6.45) is -0.374. The van der Waals surface area contributed by atoms with Crippen LogP contribution in [0.25, 0.3) is 0 Å². The van der Waals surface area contributed by atoms with E-state index < -0.39 is 24.7 Å². The molecule has 1 N–H and O–H groups in total. The summed E-state index contributed by atoms with van der Waals surface area (Å²) in [6, 6.07) is -0.520. The van der Waals surface area contributed by atoms with E-state index in [0.29, 0.717) is 0 Å². The van der Waals surface area contributed by atoms with Crippen LogP contribution in [0.1, 0.15) is 6.42 Å². The summed E-state index contributed by atoms with van der Waals surface area (Å²) in [7, 11) is 1.26. The lowest BCUT2D eigenvalue weighted by atomic mass is 10.2. The maximum Gasteiger partial charge on any atom is 0.345 e. The number of alkyl halides is 2. The minimum atomic E-state index is -2.79. The molecule has 13 heavy (non-hydrogen) atoms. The molecule has 0 saturated carbocycles. The van der Waals surface area contributed by atoms with Crippen molar-refractivity contribution in [3.63, 3.8) is 0 Å². The van der Waals surface area contributed by atoms with Crippen LogP contribution in [-0.4, -0.2) is 38.4 Å². The normalized spacial score (nSPS) is 28.0. The number of hydrogen-bond acceptors (Lipinski definition) is 4. The van der Waals surface area contributed by atoms with Gasteiger partial charge in [0.25, 0.3) is 0 Å². The van der Waals surface area contributed by atoms with Gasteiger partial charge in [0.05, 0.1) is 13.2 Å². The molecule has 76 valence electrons. The van der Waals surface area contributed by atoms with Crippen molar-refractivity contribution in [3.05, 3.63) is 0 Å². The zero-order valence-electron chi connectivity index (χ0n) is 7.13. The maximum atomic E-state index is 11.7. The lowest BCUT2D eigenvalue weighted by Gasteiger charge is -2.09. The van der Waals surface area contributed by atoms with E-state index in [9.17, 15) is 13.6 Å². The Morgan fingerprint density at radius 2 is 2.31 bits per heavy atom. The Labute approximate surface area is 74.2 Å². The van der Waals surface area contributed by atoms with Gasteiger partial charge in [0.1, 0.15) is 6.04 Å². The standard InChI is InChI=1S/C7H11F2NO3/c1-12-6(11)5-2-4(3-10-5)13-7(8)9/h4-5,7,10H,2-3H2,1H3/t4-,5-/m1/s1. The molecule has 0 aliphatic carbocycles. The molecule has 1 heterocycles. The molecule has 0 aromatic heterocycles. The van der Waals surface area contributed by atoms with Crippen LogP contribution >= 0.6 is 0 Å². The second-order valence-electron chi connectivity index (χ2n) is 2.74. The second kappa shape index (κ2) is 4.48. The lowest BCUT2D eigenvalue weighted by molar-refractivity contribution is -0.159. The Kier molecular flexibility index (Phi) is 3.56. The minimum absolute atomic E-state index is 0.233. The van der Waals surface area contributed by atoms with Crippen LogP contribution in [0.15, 0.2) is 0 Å². The Morgan fingerprint density at radius 1 is 1.62 bits per heavy atom. The zero-order valence-corrected chi connectivity index (χ0v) is 7.13. The highest BCUT2D eigenvalue weighted by atomic mass is 19.3. The largest absolute Gasteiger partial charge is 0.468 e. The molecular formula is C7H11F2NO3. The molecule has 1 saturated heterocycles. The topological polar surface area (TPSA) is 47.6 Å². The predicted molar refractivity (Wildman–Crippen MR) is 39.3 cm³/mol. The van der Waals surface area contributed by atoms with Crippen LogP contribution in [-0.2, 0) is 14.3 Å². The van der Waals surface area contributed by atoms with Gasteiger partial charge in [0.15, 0.2) is 0 Å². The Morgan fingerprint density at radius 3 is 2.85 bits per heavy atom. The van der Waals surface area contributed by atoms with E-state index >= 15 is 0 Å². The predicted octanol–water partition coefficient (Wildman–Crippen LogP) is 0.129. The van der Waals surface area contributed by atoms with Gasteiger partial charge in [-0.25, -0.2) is 0 Å². The highest BCUT2D eigenvalue weighted by Crippen LogP contribution is 2.14. The summed E-state index contributed by atoms with van der Waals surface area (Å²) in [5.74, 6) is -0.444. The van der Waals surface area contributed by atoms with E-state index in [1.807, 2.05) is 0 Å². The van der Waals surface area contributed by atoms with Gasteiger partial charge in [-0.3, -0.25) is 4.79 Å². The first-order valence-electron chi connectivity index (χ1n) is 3.88. The van der Waals surface area contributed by atoms with Crippen molar-refractivity contribution in [1.29, 1.82) is 0 Å². The van der Waals surface area contributed by atoms with Crippen molar-refractivity contribution in [2.45, 2.75) is 25.2 Å². The van der Waals surface area contributed by atoms with Crippen molar-refractivity contribution >= 4 is 5.97 Å². The van der Waals surface area contributed by atoms with Gasteiger partial charge in [-0.2, -0.15) is 8.78 Å². The molecule has 0 aromatic rings. The summed E-state index contributed by atoms with van der Waals surface area (Å²) in [4.78, 5) is 10.9. The molecule has 1 aliphatic rings. The number of nitrogens with one attached hydrogen (secondary N) is 1. The van der Waals surface area contributed by atoms with Crippen LogP contribution in [0.3, 0.4) is 0 Å². The van der Waals surface area contributed by atoms with E-state index in [-0.39, 0.29) is 13.0 Å². The average molecular weight is 195 g/mol. The van der Waals surface area contributed by atoms with Crippen LogP contribution in [0.4, 0.5) is 8.78 Å². The number of rotatable bonds is 3. The fraction of sp³-hybridized carbons (Fsp3) is 0.857. The summed E-state index contributed by atoms with van der Waals surface area (Å²) in [5, 5.41) is 2.73. The molecule has 0 radical (unpaired) electrons. The average Bonchev–Trinajstić information content (AvgIpc) is 2.50. The van der Waals surface area contributed by atoms with Crippen molar-refractivity contribution in [1.82, 2.24) is 5.32 Å². The molecule has 0 bridgehead atoms. The molecule has 0 spiro atoms. The summed E-state index contributed by atoms with van der Waals surface area (Å²) in [5.41, 5.74) is 0. The molecule has 4 nitrogen and oxygen atoms in total. The third-order valence-electron chi connectivity index (χ3n) is 1.87. The SMILES string of the molecule is COC(=O)[C@H]1C[C@@H](OC(F)F)CN1.